The molecule has 2 aromatic rings. The first-order chi connectivity index (χ1) is 13.0. The Hall–Kier alpha value is -3.34. The number of aliphatic hydroxyl groups excluding tert-OH is 1. The molecule has 2 amide bonds. The van der Waals surface area contributed by atoms with Gasteiger partial charge < -0.3 is 15.3 Å². The first-order valence-electron chi connectivity index (χ1n) is 8.77. The summed E-state index contributed by atoms with van der Waals surface area (Å²) in [6, 6.07) is 17.6. The molecule has 2 N–H and O–H groups in total. The minimum atomic E-state index is -0.527. The number of hydrogen-bond acceptors (Lipinski definition) is 3. The Morgan fingerprint density at radius 1 is 1.11 bits per heavy atom. The third kappa shape index (κ3) is 4.26. The Balaban J connectivity index is 1.70. The Bertz CT molecular complexity index is 916. The van der Waals surface area contributed by atoms with Crippen molar-refractivity contribution in [2.45, 2.75) is 13.0 Å². The summed E-state index contributed by atoms with van der Waals surface area (Å²) < 4.78 is 0. The van der Waals surface area contributed by atoms with Gasteiger partial charge in [0.05, 0.1) is 18.2 Å². The zero-order chi connectivity index (χ0) is 19.4. The molecule has 138 valence electrons. The fraction of sp³-hybridized carbons (Fsp3) is 0.182. The fourth-order valence-corrected chi connectivity index (χ4v) is 2.93. The number of carbonyl (C=O) groups excluding carboxylic acids is 2. The Labute approximate surface area is 158 Å². The molecule has 1 aliphatic rings. The standard InChI is InChI=1S/C22H22N2O3/c1-15(23-21(26)19-14-24(2)22(27)20(19)25)18-10-6-9-17(13-18)12-11-16-7-4-3-5-8-16/h3-13,15,25H,14H2,1-2H3,(H,23,26)/b12-11+/t15-/m0/s1. The molecule has 0 fully saturated rings. The van der Waals surface area contributed by atoms with Crippen molar-refractivity contribution in [2.75, 3.05) is 13.6 Å². The van der Waals surface area contributed by atoms with Gasteiger partial charge in [-0.1, -0.05) is 60.7 Å². The van der Waals surface area contributed by atoms with Crippen LogP contribution in [0.5, 0.6) is 0 Å². The van der Waals surface area contributed by atoms with Crippen LogP contribution in [0, 0.1) is 0 Å². The highest BCUT2D eigenvalue weighted by molar-refractivity contribution is 6.06. The van der Waals surface area contributed by atoms with Gasteiger partial charge in [0.2, 0.25) is 0 Å². The number of nitrogens with zero attached hydrogens (tertiary/aromatic N) is 1. The average Bonchev–Trinajstić information content (AvgIpc) is 2.95. The molecule has 5 heteroatoms. The second-order valence-corrected chi connectivity index (χ2v) is 6.60. The van der Waals surface area contributed by atoms with Crippen LogP contribution in [0.3, 0.4) is 0 Å². The van der Waals surface area contributed by atoms with E-state index in [2.05, 4.69) is 5.32 Å². The molecule has 0 aromatic heterocycles. The summed E-state index contributed by atoms with van der Waals surface area (Å²) in [6.45, 7) is 1.99. The largest absolute Gasteiger partial charge is 0.503 e. The van der Waals surface area contributed by atoms with Crippen molar-refractivity contribution in [3.8, 4) is 0 Å². The van der Waals surface area contributed by atoms with E-state index in [0.717, 1.165) is 16.7 Å². The van der Waals surface area contributed by atoms with E-state index in [9.17, 15) is 14.7 Å². The minimum Gasteiger partial charge on any atom is -0.503 e. The molecule has 0 radical (unpaired) electrons. The van der Waals surface area contributed by atoms with Crippen LogP contribution in [0.2, 0.25) is 0 Å². The number of carbonyl (C=O) groups is 2. The number of hydrogen-bond donors (Lipinski definition) is 2. The molecule has 1 atom stereocenters. The van der Waals surface area contributed by atoms with Crippen LogP contribution in [0.1, 0.15) is 29.7 Å². The summed E-state index contributed by atoms with van der Waals surface area (Å²) in [6.07, 6.45) is 4.05. The van der Waals surface area contributed by atoms with Gasteiger partial charge in [0, 0.05) is 7.05 Å². The molecule has 3 rings (SSSR count). The van der Waals surface area contributed by atoms with Gasteiger partial charge >= 0.3 is 0 Å². The summed E-state index contributed by atoms with van der Waals surface area (Å²) in [5.41, 5.74) is 3.18. The van der Waals surface area contributed by atoms with Crippen molar-refractivity contribution in [3.63, 3.8) is 0 Å². The second kappa shape index (κ2) is 7.91. The van der Waals surface area contributed by atoms with E-state index in [4.69, 9.17) is 0 Å². The van der Waals surface area contributed by atoms with Gasteiger partial charge in [-0.2, -0.15) is 0 Å². The molecule has 0 bridgehead atoms. The van der Waals surface area contributed by atoms with E-state index in [1.165, 1.54) is 4.90 Å². The van der Waals surface area contributed by atoms with Gasteiger partial charge in [0.15, 0.2) is 5.76 Å². The summed E-state index contributed by atoms with van der Waals surface area (Å²) in [4.78, 5) is 25.4. The predicted molar refractivity (Wildman–Crippen MR) is 106 cm³/mol. The van der Waals surface area contributed by atoms with Crippen LogP contribution in [0.15, 0.2) is 65.9 Å². The van der Waals surface area contributed by atoms with Crippen LogP contribution < -0.4 is 5.32 Å². The quantitative estimate of drug-likeness (QED) is 0.802. The van der Waals surface area contributed by atoms with Gasteiger partial charge in [0.1, 0.15) is 0 Å². The fourth-order valence-electron chi connectivity index (χ4n) is 2.93. The lowest BCUT2D eigenvalue weighted by Crippen LogP contribution is -2.30. The first-order valence-corrected chi connectivity index (χ1v) is 8.77. The molecule has 0 unspecified atom stereocenters. The minimum absolute atomic E-state index is 0.106. The Kier molecular flexibility index (Phi) is 5.41. The van der Waals surface area contributed by atoms with Crippen molar-refractivity contribution in [1.82, 2.24) is 10.2 Å². The zero-order valence-electron chi connectivity index (χ0n) is 15.3. The van der Waals surface area contributed by atoms with Crippen LogP contribution >= 0.6 is 0 Å². The van der Waals surface area contributed by atoms with Crippen molar-refractivity contribution in [3.05, 3.63) is 82.6 Å². The van der Waals surface area contributed by atoms with E-state index in [1.54, 1.807) is 7.05 Å². The summed E-state index contributed by atoms with van der Waals surface area (Å²) in [5, 5.41) is 12.7. The van der Waals surface area contributed by atoms with Gasteiger partial charge in [-0.25, -0.2) is 0 Å². The van der Waals surface area contributed by atoms with E-state index in [0.29, 0.717) is 0 Å². The maximum absolute atomic E-state index is 12.4. The summed E-state index contributed by atoms with van der Waals surface area (Å²) in [5.74, 6) is -1.43. The second-order valence-electron chi connectivity index (χ2n) is 6.60. The number of nitrogens with one attached hydrogen (secondary N) is 1. The summed E-state index contributed by atoms with van der Waals surface area (Å²) >= 11 is 0. The molecule has 0 saturated heterocycles. The lowest BCUT2D eigenvalue weighted by atomic mass is 10.0. The zero-order valence-corrected chi connectivity index (χ0v) is 15.3. The molecule has 2 aromatic carbocycles. The Morgan fingerprint density at radius 3 is 2.44 bits per heavy atom. The van der Waals surface area contributed by atoms with Crippen LogP contribution in [-0.4, -0.2) is 35.4 Å². The molecule has 0 spiro atoms. The maximum atomic E-state index is 12.4. The smallest absolute Gasteiger partial charge is 0.289 e. The first kappa shape index (κ1) is 18.5. The van der Waals surface area contributed by atoms with Gasteiger partial charge in [0.25, 0.3) is 11.8 Å². The molecular weight excluding hydrogens is 340 g/mol. The highest BCUT2D eigenvalue weighted by atomic mass is 16.3. The van der Waals surface area contributed by atoms with E-state index in [-0.39, 0.29) is 18.2 Å². The number of likely N-dealkylation sites (N-methyl/N-ethyl adjacent to an activating group) is 1. The molecule has 1 aliphatic heterocycles. The van der Waals surface area contributed by atoms with Gasteiger partial charge in [-0.3, -0.25) is 9.59 Å². The SMILES string of the molecule is C[C@H](NC(=O)C1=C(O)C(=O)N(C)C1)c1cccc(/C=C/c2ccccc2)c1. The van der Waals surface area contributed by atoms with E-state index >= 15 is 0 Å². The van der Waals surface area contributed by atoms with E-state index < -0.39 is 17.6 Å². The molecule has 1 heterocycles. The third-order valence-electron chi connectivity index (χ3n) is 4.53. The number of aliphatic hydroxyl groups is 1. The average molecular weight is 362 g/mol. The van der Waals surface area contributed by atoms with Crippen molar-refractivity contribution < 1.29 is 14.7 Å². The lowest BCUT2D eigenvalue weighted by Gasteiger charge is -2.15. The highest BCUT2D eigenvalue weighted by Crippen LogP contribution is 2.19. The molecule has 5 nitrogen and oxygen atoms in total. The van der Waals surface area contributed by atoms with Crippen LogP contribution in [0.25, 0.3) is 12.2 Å². The van der Waals surface area contributed by atoms with Crippen molar-refractivity contribution in [1.29, 1.82) is 0 Å². The predicted octanol–water partition coefficient (Wildman–Crippen LogP) is 3.32. The van der Waals surface area contributed by atoms with Crippen molar-refractivity contribution in [2.24, 2.45) is 0 Å². The number of rotatable bonds is 5. The highest BCUT2D eigenvalue weighted by Gasteiger charge is 2.32. The van der Waals surface area contributed by atoms with Gasteiger partial charge in [-0.15, -0.1) is 0 Å². The topological polar surface area (TPSA) is 69.6 Å². The lowest BCUT2D eigenvalue weighted by molar-refractivity contribution is -0.126. The number of amides is 2. The monoisotopic (exact) mass is 362 g/mol. The Morgan fingerprint density at radius 2 is 1.78 bits per heavy atom. The third-order valence-corrected chi connectivity index (χ3v) is 4.53. The summed E-state index contributed by atoms with van der Waals surface area (Å²) in [7, 11) is 1.55. The van der Waals surface area contributed by atoms with Crippen molar-refractivity contribution >= 4 is 24.0 Å². The van der Waals surface area contributed by atoms with E-state index in [1.807, 2.05) is 73.7 Å². The van der Waals surface area contributed by atoms with Gasteiger partial charge in [-0.05, 0) is 29.7 Å². The molecular formula is C22H22N2O3. The molecule has 27 heavy (non-hydrogen) atoms. The number of benzene rings is 2. The normalized spacial score (nSPS) is 15.5. The van der Waals surface area contributed by atoms with Crippen LogP contribution in [0.4, 0.5) is 0 Å². The van der Waals surface area contributed by atoms with Crippen LogP contribution in [-0.2, 0) is 9.59 Å². The maximum Gasteiger partial charge on any atom is 0.289 e. The molecule has 0 saturated carbocycles. The molecule has 0 aliphatic carbocycles.